The van der Waals surface area contributed by atoms with Crippen LogP contribution in [0.1, 0.15) is 19.4 Å². The van der Waals surface area contributed by atoms with E-state index in [1.54, 1.807) is 24.4 Å². The molecule has 0 atom stereocenters. The third-order valence-corrected chi connectivity index (χ3v) is 4.54. The van der Waals surface area contributed by atoms with Gasteiger partial charge in [-0.1, -0.05) is 17.3 Å². The lowest BCUT2D eigenvalue weighted by Crippen LogP contribution is -2.15. The summed E-state index contributed by atoms with van der Waals surface area (Å²) < 4.78 is 24.5. The Balaban J connectivity index is 1.61. The second-order valence-corrected chi connectivity index (χ2v) is 7.38. The average molecular weight is 432 g/mol. The number of benzene rings is 2. The maximum absolute atomic E-state index is 13.4. The number of nitrogens with one attached hydrogen (secondary N) is 1. The molecule has 0 fully saturated rings. The van der Waals surface area contributed by atoms with Crippen LogP contribution in [0, 0.1) is 5.82 Å². The molecule has 0 aliphatic heterocycles. The number of hydrogen-bond acceptors (Lipinski definition) is 6. The second kappa shape index (κ2) is 9.38. The Hall–Kier alpha value is -4.07. The van der Waals surface area contributed by atoms with Crippen molar-refractivity contribution in [3.63, 3.8) is 0 Å². The highest BCUT2D eigenvalue weighted by molar-refractivity contribution is 5.97. The predicted octanol–water partition coefficient (Wildman–Crippen LogP) is 4.91. The number of anilines is 1. The van der Waals surface area contributed by atoms with Gasteiger partial charge in [0.05, 0.1) is 23.8 Å². The van der Waals surface area contributed by atoms with E-state index >= 15 is 0 Å². The number of aromatic nitrogens is 3. The van der Waals surface area contributed by atoms with Crippen LogP contribution in [0.5, 0.6) is 5.75 Å². The van der Waals surface area contributed by atoms with E-state index in [-0.39, 0.29) is 30.1 Å². The fourth-order valence-electron chi connectivity index (χ4n) is 3.21. The van der Waals surface area contributed by atoms with E-state index in [4.69, 9.17) is 9.26 Å². The highest BCUT2D eigenvalue weighted by Crippen LogP contribution is 2.36. The van der Waals surface area contributed by atoms with Crippen molar-refractivity contribution >= 4 is 11.8 Å². The molecule has 4 aromatic rings. The van der Waals surface area contributed by atoms with Gasteiger partial charge in [-0.25, -0.2) is 14.4 Å². The fraction of sp³-hybridized carbons (Fsp3) is 0.167. The van der Waals surface area contributed by atoms with E-state index < -0.39 is 0 Å². The summed E-state index contributed by atoms with van der Waals surface area (Å²) in [6.45, 7) is 3.88. The van der Waals surface area contributed by atoms with E-state index in [0.717, 1.165) is 5.56 Å². The molecular formula is C24H21FN4O3. The molecule has 1 N–H and O–H groups in total. The Morgan fingerprint density at radius 3 is 2.69 bits per heavy atom. The zero-order chi connectivity index (χ0) is 22.5. The minimum Gasteiger partial charge on any atom is -0.491 e. The number of halogens is 1. The maximum Gasteiger partial charge on any atom is 0.241 e. The fourth-order valence-corrected chi connectivity index (χ4v) is 3.21. The lowest BCUT2D eigenvalue weighted by molar-refractivity contribution is -0.115. The molecule has 2 aromatic heterocycles. The quantitative estimate of drug-likeness (QED) is 0.446. The Labute approximate surface area is 184 Å². The van der Waals surface area contributed by atoms with E-state index in [9.17, 15) is 9.18 Å². The molecule has 0 radical (unpaired) electrons. The summed E-state index contributed by atoms with van der Waals surface area (Å²) >= 11 is 0. The Morgan fingerprint density at radius 1 is 1.16 bits per heavy atom. The summed E-state index contributed by atoms with van der Waals surface area (Å²) in [6.07, 6.45) is 3.12. The van der Waals surface area contributed by atoms with Crippen molar-refractivity contribution in [1.29, 1.82) is 0 Å². The van der Waals surface area contributed by atoms with E-state index in [0.29, 0.717) is 28.3 Å². The first-order valence-electron chi connectivity index (χ1n) is 10.1. The third kappa shape index (κ3) is 4.97. The van der Waals surface area contributed by atoms with Crippen LogP contribution in [-0.4, -0.2) is 27.1 Å². The number of ether oxygens (including phenoxy) is 1. The minimum absolute atomic E-state index is 0.0357. The highest BCUT2D eigenvalue weighted by atomic mass is 19.1. The smallest absolute Gasteiger partial charge is 0.241 e. The standard InChI is InChI=1S/C24H21FN4O3/c1-15(2)31-19-5-3-4-16(12-19)13-21(30)28-24-22(20-10-11-26-14-27-20)23(29-32-24)17-6-8-18(25)9-7-17/h3-12,14-15H,13H2,1-2H3,(H,28,30). The molecule has 0 aliphatic rings. The topological polar surface area (TPSA) is 90.1 Å². The van der Waals surface area contributed by atoms with Gasteiger partial charge in [-0.05, 0) is 61.9 Å². The van der Waals surface area contributed by atoms with E-state index in [1.807, 2.05) is 38.1 Å². The van der Waals surface area contributed by atoms with Crippen molar-refractivity contribution in [2.24, 2.45) is 0 Å². The number of carbonyl (C=O) groups excluding carboxylic acids is 1. The summed E-state index contributed by atoms with van der Waals surface area (Å²) in [7, 11) is 0. The van der Waals surface area contributed by atoms with Crippen molar-refractivity contribution in [2.45, 2.75) is 26.4 Å². The summed E-state index contributed by atoms with van der Waals surface area (Å²) in [6, 6.07) is 14.9. The molecule has 32 heavy (non-hydrogen) atoms. The molecule has 8 heteroatoms. The number of carbonyl (C=O) groups is 1. The number of rotatable bonds is 7. The first kappa shape index (κ1) is 21.2. The van der Waals surface area contributed by atoms with Gasteiger partial charge in [-0.15, -0.1) is 0 Å². The Bertz CT molecular complexity index is 1210. The molecule has 7 nitrogen and oxygen atoms in total. The first-order chi connectivity index (χ1) is 15.5. The monoisotopic (exact) mass is 432 g/mol. The molecular weight excluding hydrogens is 411 g/mol. The van der Waals surface area contributed by atoms with Crippen molar-refractivity contribution in [1.82, 2.24) is 15.1 Å². The second-order valence-electron chi connectivity index (χ2n) is 7.38. The Morgan fingerprint density at radius 2 is 1.97 bits per heavy atom. The van der Waals surface area contributed by atoms with Crippen LogP contribution in [-0.2, 0) is 11.2 Å². The van der Waals surface area contributed by atoms with Gasteiger partial charge in [0.1, 0.15) is 23.6 Å². The van der Waals surface area contributed by atoms with Gasteiger partial charge >= 0.3 is 0 Å². The van der Waals surface area contributed by atoms with Crippen LogP contribution in [0.3, 0.4) is 0 Å². The highest BCUT2D eigenvalue weighted by Gasteiger charge is 2.22. The molecule has 0 saturated carbocycles. The normalized spacial score (nSPS) is 10.9. The van der Waals surface area contributed by atoms with Gasteiger partial charge in [0.25, 0.3) is 0 Å². The summed E-state index contributed by atoms with van der Waals surface area (Å²) in [5.41, 5.74) is 2.86. The number of nitrogens with zero attached hydrogens (tertiary/aromatic N) is 3. The lowest BCUT2D eigenvalue weighted by atomic mass is 10.0. The molecule has 4 rings (SSSR count). The van der Waals surface area contributed by atoms with Crippen LogP contribution < -0.4 is 10.1 Å². The van der Waals surface area contributed by atoms with Gasteiger partial charge in [0.15, 0.2) is 0 Å². The summed E-state index contributed by atoms with van der Waals surface area (Å²) in [5, 5.41) is 6.88. The lowest BCUT2D eigenvalue weighted by Gasteiger charge is -2.11. The number of hydrogen-bond donors (Lipinski definition) is 1. The number of amides is 1. The van der Waals surface area contributed by atoms with Crippen LogP contribution in [0.4, 0.5) is 10.3 Å². The first-order valence-corrected chi connectivity index (χ1v) is 10.1. The zero-order valence-electron chi connectivity index (χ0n) is 17.6. The predicted molar refractivity (Wildman–Crippen MR) is 117 cm³/mol. The van der Waals surface area contributed by atoms with Gasteiger partial charge in [0.2, 0.25) is 11.8 Å². The van der Waals surface area contributed by atoms with Gasteiger partial charge in [0, 0.05) is 11.8 Å². The average Bonchev–Trinajstić information content (AvgIpc) is 3.18. The molecule has 1 amide bonds. The molecule has 2 heterocycles. The largest absolute Gasteiger partial charge is 0.491 e. The van der Waals surface area contributed by atoms with Crippen LogP contribution in [0.25, 0.3) is 22.5 Å². The van der Waals surface area contributed by atoms with Crippen LogP contribution in [0.15, 0.2) is 71.6 Å². The minimum atomic E-state index is -0.363. The summed E-state index contributed by atoms with van der Waals surface area (Å²) in [4.78, 5) is 21.0. The molecule has 0 saturated heterocycles. The zero-order valence-corrected chi connectivity index (χ0v) is 17.6. The molecule has 0 unspecified atom stereocenters. The van der Waals surface area contributed by atoms with Crippen molar-refractivity contribution < 1.29 is 18.4 Å². The maximum atomic E-state index is 13.4. The molecule has 2 aromatic carbocycles. The third-order valence-electron chi connectivity index (χ3n) is 4.54. The summed E-state index contributed by atoms with van der Waals surface area (Å²) in [5.74, 6) is 0.203. The molecule has 0 bridgehead atoms. The van der Waals surface area contributed by atoms with Gasteiger partial charge in [-0.3, -0.25) is 10.1 Å². The van der Waals surface area contributed by atoms with Crippen molar-refractivity contribution in [3.05, 3.63) is 78.5 Å². The Kier molecular flexibility index (Phi) is 6.21. The van der Waals surface area contributed by atoms with Crippen LogP contribution in [0.2, 0.25) is 0 Å². The molecule has 0 aliphatic carbocycles. The van der Waals surface area contributed by atoms with Gasteiger partial charge in [-0.2, -0.15) is 0 Å². The van der Waals surface area contributed by atoms with E-state index in [1.165, 1.54) is 18.5 Å². The van der Waals surface area contributed by atoms with Crippen molar-refractivity contribution in [3.8, 4) is 28.3 Å². The SMILES string of the molecule is CC(C)Oc1cccc(CC(=O)Nc2onc(-c3ccc(F)cc3)c2-c2ccncn2)c1. The van der Waals surface area contributed by atoms with Gasteiger partial charge < -0.3 is 9.26 Å². The molecule has 0 spiro atoms. The van der Waals surface area contributed by atoms with Crippen molar-refractivity contribution in [2.75, 3.05) is 5.32 Å². The van der Waals surface area contributed by atoms with Crippen LogP contribution >= 0.6 is 0 Å². The van der Waals surface area contributed by atoms with E-state index in [2.05, 4.69) is 20.4 Å². The molecule has 162 valence electrons.